The number of halogens is 3. The van der Waals surface area contributed by atoms with Crippen LogP contribution in [0.2, 0.25) is 0 Å². The maximum atomic E-state index is 13.2. The van der Waals surface area contributed by atoms with Crippen molar-refractivity contribution < 1.29 is 46.8 Å². The molecule has 0 fully saturated rings. The molecule has 0 aliphatic carbocycles. The van der Waals surface area contributed by atoms with Crippen LogP contribution in [0.5, 0.6) is 11.5 Å². The number of carbonyl (C=O) groups is 1. The lowest BCUT2D eigenvalue weighted by Crippen LogP contribution is -2.22. The molecule has 7 nitrogen and oxygen atoms in total. The number of benzene rings is 2. The van der Waals surface area contributed by atoms with Crippen molar-refractivity contribution in [3.63, 3.8) is 0 Å². The molecule has 0 amide bonds. The molecule has 0 bridgehead atoms. The van der Waals surface area contributed by atoms with Gasteiger partial charge >= 0.3 is 12.3 Å². The molecule has 2 unspecified atom stereocenters. The highest BCUT2D eigenvalue weighted by atomic mass is 19.4. The normalized spacial score (nSPS) is 13.1. The fourth-order valence-corrected chi connectivity index (χ4v) is 4.20. The third kappa shape index (κ3) is 10.1. The van der Waals surface area contributed by atoms with Crippen LogP contribution in [0, 0.1) is 5.92 Å². The number of fused-ring (bicyclic) bond motifs is 1. The van der Waals surface area contributed by atoms with Crippen LogP contribution < -0.4 is 9.47 Å². The van der Waals surface area contributed by atoms with Gasteiger partial charge in [0.05, 0.1) is 18.3 Å². The molecule has 1 aromatic heterocycles. The van der Waals surface area contributed by atoms with Crippen LogP contribution in [0.25, 0.3) is 22.3 Å². The molecule has 0 spiro atoms. The molecule has 0 aliphatic rings. The molecule has 1 heterocycles. The fraction of sp³-hybridized carbons (Fsp3) is 0.452. The zero-order valence-electron chi connectivity index (χ0n) is 23.3. The first-order chi connectivity index (χ1) is 19.5. The van der Waals surface area contributed by atoms with Gasteiger partial charge in [0.15, 0.2) is 0 Å². The van der Waals surface area contributed by atoms with Crippen molar-refractivity contribution in [1.82, 2.24) is 0 Å². The Kier molecular flexibility index (Phi) is 11.7. The Hall–Kier alpha value is -3.50. The molecule has 2 atom stereocenters. The summed E-state index contributed by atoms with van der Waals surface area (Å²) in [6.07, 6.45) is -1.47. The first-order valence-corrected chi connectivity index (χ1v) is 13.7. The van der Waals surface area contributed by atoms with Gasteiger partial charge in [0.25, 0.3) is 0 Å². The van der Waals surface area contributed by atoms with E-state index in [4.69, 9.17) is 13.9 Å². The Balaban J connectivity index is 1.65. The molecule has 0 radical (unpaired) electrons. The van der Waals surface area contributed by atoms with Crippen LogP contribution in [-0.2, 0) is 16.0 Å². The zero-order valence-corrected chi connectivity index (χ0v) is 23.3. The monoisotopic (exact) mass is 578 g/mol. The number of hydrogen-bond donors (Lipinski definition) is 2. The van der Waals surface area contributed by atoms with E-state index in [0.717, 1.165) is 24.8 Å². The summed E-state index contributed by atoms with van der Waals surface area (Å²) in [4.78, 5) is 11.5. The Morgan fingerprint density at radius 2 is 1.85 bits per heavy atom. The maximum Gasteiger partial charge on any atom is 0.573 e. The van der Waals surface area contributed by atoms with E-state index < -0.39 is 18.4 Å². The number of alkyl halides is 3. The quantitative estimate of drug-likeness (QED) is 0.108. The van der Waals surface area contributed by atoms with E-state index in [1.54, 1.807) is 36.4 Å². The summed E-state index contributed by atoms with van der Waals surface area (Å²) >= 11 is 0. The van der Waals surface area contributed by atoms with Crippen molar-refractivity contribution in [3.05, 3.63) is 60.2 Å². The van der Waals surface area contributed by atoms with Gasteiger partial charge in [-0.05, 0) is 68.5 Å². The topological polar surface area (TPSA) is 98.4 Å². The largest absolute Gasteiger partial charge is 0.573 e. The van der Waals surface area contributed by atoms with E-state index in [0.29, 0.717) is 36.0 Å². The lowest BCUT2D eigenvalue weighted by molar-refractivity contribution is -0.274. The summed E-state index contributed by atoms with van der Waals surface area (Å²) in [5.74, 6) is -0.556. The predicted octanol–water partition coefficient (Wildman–Crippen LogP) is 6.98. The molecule has 3 rings (SSSR count). The van der Waals surface area contributed by atoms with Gasteiger partial charge in [-0.2, -0.15) is 0 Å². The second-order valence-electron chi connectivity index (χ2n) is 10.1. The summed E-state index contributed by atoms with van der Waals surface area (Å²) in [5.41, 5.74) is 1.60. The molecule has 10 heteroatoms. The number of hydrogen-bond acceptors (Lipinski definition) is 7. The Labute approximate surface area is 237 Å². The maximum absolute atomic E-state index is 13.2. The highest BCUT2D eigenvalue weighted by Crippen LogP contribution is 2.38. The second-order valence-corrected chi connectivity index (χ2v) is 10.1. The highest BCUT2D eigenvalue weighted by molar-refractivity contribution is 5.87. The van der Waals surface area contributed by atoms with E-state index in [-0.39, 0.29) is 48.4 Å². The van der Waals surface area contributed by atoms with Crippen molar-refractivity contribution in [2.45, 2.75) is 64.8 Å². The van der Waals surface area contributed by atoms with Gasteiger partial charge in [0.1, 0.15) is 29.4 Å². The van der Waals surface area contributed by atoms with Crippen molar-refractivity contribution >= 4 is 16.9 Å². The summed E-state index contributed by atoms with van der Waals surface area (Å²) in [6.45, 7) is 6.88. The number of aliphatic hydroxyl groups excluding tert-OH is 2. The van der Waals surface area contributed by atoms with Gasteiger partial charge in [-0.3, -0.25) is 0 Å². The predicted molar refractivity (Wildman–Crippen MR) is 149 cm³/mol. The SMILES string of the molecule is C=C(C)C(=O)OCC(CO)CCC(O)COc1ccc2cc(-c3ccc(CCCCC)cc3OC(F)(F)F)oc2c1. The van der Waals surface area contributed by atoms with Crippen LogP contribution in [0.4, 0.5) is 13.2 Å². The van der Waals surface area contributed by atoms with Crippen LogP contribution in [-0.4, -0.2) is 48.5 Å². The zero-order chi connectivity index (χ0) is 30.0. The molecular weight excluding hydrogens is 541 g/mol. The van der Waals surface area contributed by atoms with E-state index in [1.165, 1.54) is 13.0 Å². The molecule has 0 saturated heterocycles. The van der Waals surface area contributed by atoms with Gasteiger partial charge < -0.3 is 28.8 Å². The summed E-state index contributed by atoms with van der Waals surface area (Å²) < 4.78 is 60.5. The number of carbonyl (C=O) groups excluding carboxylic acids is 1. The van der Waals surface area contributed by atoms with E-state index in [1.807, 2.05) is 0 Å². The standard InChI is InChI=1S/C31H37F3O7/c1-4-5-6-7-21-9-13-26(29(14-21)41-31(32,33)34)28-15-23-10-12-25(16-27(23)40-28)38-19-24(36)11-8-22(17-35)18-39-30(37)20(2)3/h9-10,12-16,22,24,35-36H,2,4-8,11,17-19H2,1,3H3. The van der Waals surface area contributed by atoms with Gasteiger partial charge in [-0.25, -0.2) is 4.79 Å². The minimum Gasteiger partial charge on any atom is -0.491 e. The number of rotatable bonds is 16. The van der Waals surface area contributed by atoms with Crippen molar-refractivity contribution in [1.29, 1.82) is 0 Å². The third-order valence-corrected chi connectivity index (χ3v) is 6.51. The smallest absolute Gasteiger partial charge is 0.491 e. The average molecular weight is 579 g/mol. The minimum atomic E-state index is -4.85. The highest BCUT2D eigenvalue weighted by Gasteiger charge is 2.33. The summed E-state index contributed by atoms with van der Waals surface area (Å²) in [5, 5.41) is 20.5. The minimum absolute atomic E-state index is 0.0184. The van der Waals surface area contributed by atoms with Gasteiger partial charge in [0, 0.05) is 29.6 Å². The molecule has 224 valence electrons. The first-order valence-electron chi connectivity index (χ1n) is 13.7. The molecule has 0 saturated carbocycles. The Morgan fingerprint density at radius 3 is 2.54 bits per heavy atom. The van der Waals surface area contributed by atoms with E-state index in [9.17, 15) is 28.2 Å². The summed E-state index contributed by atoms with van der Waals surface area (Å²) in [6, 6.07) is 11.4. The molecule has 3 aromatic rings. The third-order valence-electron chi connectivity index (χ3n) is 6.51. The molecule has 0 aliphatic heterocycles. The first kappa shape index (κ1) is 32.0. The van der Waals surface area contributed by atoms with Crippen molar-refractivity contribution in [2.24, 2.45) is 5.92 Å². The molecule has 2 N–H and O–H groups in total. The van der Waals surface area contributed by atoms with Crippen LogP contribution in [0.15, 0.2) is 59.0 Å². The number of ether oxygens (including phenoxy) is 3. The van der Waals surface area contributed by atoms with Crippen LogP contribution in [0.3, 0.4) is 0 Å². The molecule has 41 heavy (non-hydrogen) atoms. The number of aryl methyl sites for hydroxylation is 1. The van der Waals surface area contributed by atoms with Gasteiger partial charge in [0.2, 0.25) is 0 Å². The number of unbranched alkanes of at least 4 members (excludes halogenated alkanes) is 2. The number of esters is 1. The molecule has 2 aromatic carbocycles. The number of furan rings is 1. The van der Waals surface area contributed by atoms with E-state index in [2.05, 4.69) is 18.2 Å². The lowest BCUT2D eigenvalue weighted by Gasteiger charge is -2.17. The van der Waals surface area contributed by atoms with E-state index >= 15 is 0 Å². The summed E-state index contributed by atoms with van der Waals surface area (Å²) in [7, 11) is 0. The lowest BCUT2D eigenvalue weighted by atomic mass is 10.0. The van der Waals surface area contributed by atoms with Crippen molar-refractivity contribution in [3.8, 4) is 22.8 Å². The van der Waals surface area contributed by atoms with Crippen LogP contribution >= 0.6 is 0 Å². The van der Waals surface area contributed by atoms with Crippen molar-refractivity contribution in [2.75, 3.05) is 19.8 Å². The second kappa shape index (κ2) is 14.9. The Bertz CT molecular complexity index is 1300. The molecular formula is C31H37F3O7. The fourth-order valence-electron chi connectivity index (χ4n) is 4.20. The average Bonchev–Trinajstić information content (AvgIpc) is 3.34. The number of aliphatic hydroxyl groups is 2. The Morgan fingerprint density at radius 1 is 1.07 bits per heavy atom. The van der Waals surface area contributed by atoms with Gasteiger partial charge in [-0.1, -0.05) is 32.4 Å². The van der Waals surface area contributed by atoms with Gasteiger partial charge in [-0.15, -0.1) is 13.2 Å². The van der Waals surface area contributed by atoms with Crippen LogP contribution in [0.1, 0.15) is 51.5 Å².